The third-order valence-electron chi connectivity index (χ3n) is 5.89. The average Bonchev–Trinajstić information content (AvgIpc) is 2.71. The Balaban J connectivity index is 1.80. The van der Waals surface area contributed by atoms with Gasteiger partial charge in [-0.05, 0) is 54.7 Å². The molecule has 3 heterocycles. The summed E-state index contributed by atoms with van der Waals surface area (Å²) in [6.45, 7) is 7.87. The van der Waals surface area contributed by atoms with Crippen molar-refractivity contribution in [3.8, 4) is 5.88 Å². The monoisotopic (exact) mass is 469 g/mol. The van der Waals surface area contributed by atoms with Gasteiger partial charge in [0.2, 0.25) is 5.88 Å². The number of aliphatic hydroxyl groups excluding tert-OH is 1. The zero-order valence-electron chi connectivity index (χ0n) is 17.5. The minimum absolute atomic E-state index is 0.0790. The first-order valence-electron chi connectivity index (χ1n) is 10.4. The third kappa shape index (κ3) is 5.69. The smallest absolute Gasteiger partial charge is 0.259 e. The number of fused-ring (bicyclic) bond motifs is 1. The van der Waals surface area contributed by atoms with Crippen molar-refractivity contribution in [1.82, 2.24) is 14.8 Å². The van der Waals surface area contributed by atoms with Crippen molar-refractivity contribution in [2.75, 3.05) is 46.5 Å². The largest absolute Gasteiger partial charge is 0.472 e. The molecular formula is C21H32BrN3O4. The maximum atomic E-state index is 13.1. The molecule has 0 spiro atoms. The van der Waals surface area contributed by atoms with Crippen LogP contribution in [0.4, 0.5) is 0 Å². The summed E-state index contributed by atoms with van der Waals surface area (Å²) >= 11 is 3.40. The number of hydrogen-bond donors (Lipinski definition) is 1. The van der Waals surface area contributed by atoms with Gasteiger partial charge < -0.3 is 24.4 Å². The Labute approximate surface area is 181 Å². The summed E-state index contributed by atoms with van der Waals surface area (Å²) in [5.74, 6) is 0.954. The van der Waals surface area contributed by atoms with Gasteiger partial charge in [0.05, 0.1) is 12.6 Å². The highest BCUT2D eigenvalue weighted by Gasteiger charge is 2.34. The molecule has 2 aliphatic heterocycles. The summed E-state index contributed by atoms with van der Waals surface area (Å²) in [6, 6.07) is 1.48. The molecule has 29 heavy (non-hydrogen) atoms. The highest BCUT2D eigenvalue weighted by Crippen LogP contribution is 2.28. The minimum Gasteiger partial charge on any atom is -0.472 e. The van der Waals surface area contributed by atoms with Crippen molar-refractivity contribution in [2.45, 2.75) is 38.8 Å². The molecule has 1 saturated heterocycles. The molecular weight excluding hydrogens is 438 g/mol. The highest BCUT2D eigenvalue weighted by atomic mass is 79.9. The van der Waals surface area contributed by atoms with Crippen LogP contribution in [0, 0.1) is 11.8 Å². The molecule has 3 rings (SSSR count). The summed E-state index contributed by atoms with van der Waals surface area (Å²) in [4.78, 5) is 21.6. The maximum Gasteiger partial charge on any atom is 0.259 e. The lowest BCUT2D eigenvalue weighted by Gasteiger charge is -2.38. The molecule has 1 aromatic rings. The van der Waals surface area contributed by atoms with Crippen molar-refractivity contribution >= 4 is 21.8 Å². The fourth-order valence-corrected chi connectivity index (χ4v) is 4.38. The van der Waals surface area contributed by atoms with Gasteiger partial charge in [-0.3, -0.25) is 4.79 Å². The predicted octanol–water partition coefficient (Wildman–Crippen LogP) is 2.42. The molecule has 0 radical (unpaired) electrons. The van der Waals surface area contributed by atoms with Gasteiger partial charge in [-0.2, -0.15) is 0 Å². The van der Waals surface area contributed by atoms with E-state index in [1.807, 2.05) is 6.92 Å². The second-order valence-corrected chi connectivity index (χ2v) is 9.32. The fraction of sp³-hybridized carbons (Fsp3) is 0.714. The molecule has 7 nitrogen and oxygen atoms in total. The molecule has 0 aliphatic carbocycles. The van der Waals surface area contributed by atoms with Gasteiger partial charge >= 0.3 is 0 Å². The van der Waals surface area contributed by atoms with Crippen LogP contribution in [0.25, 0.3) is 0 Å². The first-order chi connectivity index (χ1) is 13.9. The van der Waals surface area contributed by atoms with Crippen molar-refractivity contribution in [3.63, 3.8) is 0 Å². The van der Waals surface area contributed by atoms with Gasteiger partial charge in [-0.25, -0.2) is 4.98 Å². The first kappa shape index (κ1) is 22.5. The zero-order valence-corrected chi connectivity index (χ0v) is 19.1. The fourth-order valence-electron chi connectivity index (χ4n) is 4.05. The summed E-state index contributed by atoms with van der Waals surface area (Å²) in [5, 5.41) is 9.68. The molecule has 1 N–H and O–H groups in total. The molecule has 8 heteroatoms. The van der Waals surface area contributed by atoms with Crippen LogP contribution in [-0.4, -0.2) is 84.4 Å². The van der Waals surface area contributed by atoms with Gasteiger partial charge in [0, 0.05) is 49.4 Å². The van der Waals surface area contributed by atoms with Gasteiger partial charge in [0.25, 0.3) is 5.91 Å². The van der Waals surface area contributed by atoms with E-state index in [2.05, 4.69) is 39.8 Å². The van der Waals surface area contributed by atoms with Crippen LogP contribution in [0.3, 0.4) is 0 Å². The molecule has 0 saturated carbocycles. The van der Waals surface area contributed by atoms with Gasteiger partial charge in [0.1, 0.15) is 11.7 Å². The van der Waals surface area contributed by atoms with Crippen LogP contribution in [0.5, 0.6) is 5.88 Å². The number of halogens is 1. The van der Waals surface area contributed by atoms with E-state index in [4.69, 9.17) is 9.47 Å². The highest BCUT2D eigenvalue weighted by molar-refractivity contribution is 9.10. The molecule has 162 valence electrons. The number of carbonyl (C=O) groups excluding carboxylic acids is 1. The van der Waals surface area contributed by atoms with E-state index in [1.165, 1.54) is 0 Å². The minimum atomic E-state index is -0.268. The quantitative estimate of drug-likeness (QED) is 0.689. The van der Waals surface area contributed by atoms with Gasteiger partial charge in [0.15, 0.2) is 0 Å². The molecule has 2 aliphatic rings. The topological polar surface area (TPSA) is 75.1 Å². The van der Waals surface area contributed by atoms with Crippen LogP contribution >= 0.6 is 15.9 Å². The third-order valence-corrected chi connectivity index (χ3v) is 6.32. The number of nitrogens with zero attached hydrogens (tertiary/aromatic N) is 3. The maximum absolute atomic E-state index is 13.1. The van der Waals surface area contributed by atoms with Crippen LogP contribution in [0.15, 0.2) is 16.7 Å². The summed E-state index contributed by atoms with van der Waals surface area (Å²) < 4.78 is 12.5. The number of amides is 1. The SMILES string of the molecule is C[C@@H]1CN([C@H](C)CO)C(=O)c2cc(Br)cnc2O[C@H]1CN(C)CC1CCOCC1. The lowest BCUT2D eigenvalue weighted by atomic mass is 9.98. The average molecular weight is 470 g/mol. The van der Waals surface area contributed by atoms with E-state index >= 15 is 0 Å². The van der Waals surface area contributed by atoms with Crippen molar-refractivity contribution in [2.24, 2.45) is 11.8 Å². The Morgan fingerprint density at radius 1 is 1.38 bits per heavy atom. The number of pyridine rings is 1. The second kappa shape index (κ2) is 10.2. The number of aliphatic hydroxyl groups is 1. The number of aromatic nitrogens is 1. The Hall–Kier alpha value is -1.22. The Kier molecular flexibility index (Phi) is 7.90. The summed E-state index contributed by atoms with van der Waals surface area (Å²) in [5.41, 5.74) is 0.434. The van der Waals surface area contributed by atoms with Gasteiger partial charge in [-0.1, -0.05) is 6.92 Å². The van der Waals surface area contributed by atoms with Crippen LogP contribution in [0.1, 0.15) is 37.0 Å². The lowest BCUT2D eigenvalue weighted by molar-refractivity contribution is 0.0254. The van der Waals surface area contributed by atoms with E-state index in [9.17, 15) is 9.90 Å². The molecule has 0 unspecified atom stereocenters. The van der Waals surface area contributed by atoms with Gasteiger partial charge in [-0.15, -0.1) is 0 Å². The molecule has 1 amide bonds. The van der Waals surface area contributed by atoms with E-state index in [0.717, 1.165) is 43.6 Å². The van der Waals surface area contributed by atoms with Crippen molar-refractivity contribution in [1.29, 1.82) is 0 Å². The second-order valence-electron chi connectivity index (χ2n) is 8.41. The molecule has 1 fully saturated rings. The zero-order chi connectivity index (χ0) is 21.0. The van der Waals surface area contributed by atoms with E-state index in [0.29, 0.717) is 23.9 Å². The van der Waals surface area contributed by atoms with E-state index in [-0.39, 0.29) is 30.6 Å². The Morgan fingerprint density at radius 2 is 2.10 bits per heavy atom. The first-order valence-corrected chi connectivity index (χ1v) is 11.2. The van der Waals surface area contributed by atoms with E-state index in [1.54, 1.807) is 17.2 Å². The molecule has 1 aromatic heterocycles. The number of carbonyl (C=O) groups is 1. The number of rotatable bonds is 6. The number of ether oxygens (including phenoxy) is 2. The Bertz CT molecular complexity index is 699. The molecule has 0 bridgehead atoms. The van der Waals surface area contributed by atoms with Crippen molar-refractivity contribution < 1.29 is 19.4 Å². The van der Waals surface area contributed by atoms with Crippen molar-refractivity contribution in [3.05, 3.63) is 22.3 Å². The van der Waals surface area contributed by atoms with E-state index < -0.39 is 0 Å². The summed E-state index contributed by atoms with van der Waals surface area (Å²) in [6.07, 6.45) is 3.75. The van der Waals surface area contributed by atoms with Crippen LogP contribution < -0.4 is 4.74 Å². The lowest BCUT2D eigenvalue weighted by Crippen LogP contribution is -2.50. The molecule has 0 aromatic carbocycles. The predicted molar refractivity (Wildman–Crippen MR) is 114 cm³/mol. The standard InChI is InChI=1S/C21H32BrN3O4/c1-14-10-25(15(2)13-26)21(27)18-8-17(22)9-23-20(18)29-19(14)12-24(3)11-16-4-6-28-7-5-16/h8-9,14-16,19,26H,4-7,10-13H2,1-3H3/t14-,15-,19+/m1/s1. The van der Waals surface area contributed by atoms with Crippen LogP contribution in [-0.2, 0) is 4.74 Å². The molecule has 3 atom stereocenters. The number of likely N-dealkylation sites (N-methyl/N-ethyl adjacent to an activating group) is 1. The Morgan fingerprint density at radius 3 is 2.79 bits per heavy atom. The normalized spacial score (nSPS) is 24.6. The van der Waals surface area contributed by atoms with Crippen LogP contribution in [0.2, 0.25) is 0 Å². The summed E-state index contributed by atoms with van der Waals surface area (Å²) in [7, 11) is 2.12. The number of hydrogen-bond acceptors (Lipinski definition) is 6.